The quantitative estimate of drug-likeness (QED) is 0.752. The lowest BCUT2D eigenvalue weighted by molar-refractivity contribution is -0.138. The van der Waals surface area contributed by atoms with Gasteiger partial charge >= 0.3 is 5.97 Å². The van der Waals surface area contributed by atoms with Crippen LogP contribution < -0.4 is 0 Å². The summed E-state index contributed by atoms with van der Waals surface area (Å²) in [6, 6.07) is 0. The summed E-state index contributed by atoms with van der Waals surface area (Å²) < 4.78 is 0. The molecule has 0 radical (unpaired) electrons. The van der Waals surface area contributed by atoms with Crippen molar-refractivity contribution in [1.29, 1.82) is 0 Å². The highest BCUT2D eigenvalue weighted by Gasteiger charge is 2.25. The molecule has 1 N–H and O–H groups in total. The van der Waals surface area contributed by atoms with Crippen LogP contribution in [0.3, 0.4) is 0 Å². The highest BCUT2D eigenvalue weighted by atomic mass is 32.2. The number of amides is 1. The summed E-state index contributed by atoms with van der Waals surface area (Å²) in [7, 11) is 1.67. The van der Waals surface area contributed by atoms with Crippen LogP contribution in [-0.4, -0.2) is 47.0 Å². The van der Waals surface area contributed by atoms with E-state index in [2.05, 4.69) is 0 Å². The van der Waals surface area contributed by atoms with Crippen molar-refractivity contribution in [3.8, 4) is 0 Å². The number of hydrogen-bond donors (Lipinski definition) is 1. The first-order valence-electron chi connectivity index (χ1n) is 4.65. The number of aliphatic carboxylic acids is 1. The smallest absolute Gasteiger partial charge is 0.305 e. The number of carbonyl (C=O) groups is 2. The van der Waals surface area contributed by atoms with Crippen molar-refractivity contribution in [2.75, 3.05) is 25.1 Å². The third-order valence-corrected chi connectivity index (χ3v) is 3.48. The molecule has 4 nitrogen and oxygen atoms in total. The van der Waals surface area contributed by atoms with Crippen LogP contribution in [0, 0.1) is 5.92 Å². The Bertz CT molecular complexity index is 226. The van der Waals surface area contributed by atoms with Gasteiger partial charge in [-0.2, -0.15) is 11.8 Å². The van der Waals surface area contributed by atoms with E-state index in [9.17, 15) is 9.59 Å². The van der Waals surface area contributed by atoms with Gasteiger partial charge in [0.15, 0.2) is 0 Å². The van der Waals surface area contributed by atoms with Crippen molar-refractivity contribution in [3.05, 3.63) is 0 Å². The molecule has 0 saturated carbocycles. The van der Waals surface area contributed by atoms with Crippen LogP contribution in [0.25, 0.3) is 0 Å². The number of nitrogens with zero attached hydrogens (tertiary/aromatic N) is 1. The molecule has 1 atom stereocenters. The van der Waals surface area contributed by atoms with Gasteiger partial charge in [-0.05, 0) is 12.2 Å². The second-order valence-electron chi connectivity index (χ2n) is 3.46. The Balaban J connectivity index is 2.31. The van der Waals surface area contributed by atoms with Gasteiger partial charge in [0.1, 0.15) is 0 Å². The first-order valence-corrected chi connectivity index (χ1v) is 5.81. The Morgan fingerprint density at radius 1 is 1.57 bits per heavy atom. The van der Waals surface area contributed by atoms with E-state index >= 15 is 0 Å². The van der Waals surface area contributed by atoms with Gasteiger partial charge in [0.05, 0.1) is 6.42 Å². The molecule has 0 bridgehead atoms. The highest BCUT2D eigenvalue weighted by Crippen LogP contribution is 2.24. The molecular formula is C9H15NO3S. The van der Waals surface area contributed by atoms with E-state index in [0.29, 0.717) is 6.54 Å². The van der Waals surface area contributed by atoms with Crippen LogP contribution in [0.5, 0.6) is 0 Å². The Morgan fingerprint density at radius 3 is 2.79 bits per heavy atom. The van der Waals surface area contributed by atoms with Gasteiger partial charge < -0.3 is 10.0 Å². The Labute approximate surface area is 87.7 Å². The van der Waals surface area contributed by atoms with E-state index in [1.807, 2.05) is 0 Å². The van der Waals surface area contributed by atoms with Crippen molar-refractivity contribution in [3.63, 3.8) is 0 Å². The van der Waals surface area contributed by atoms with Crippen molar-refractivity contribution in [2.24, 2.45) is 5.92 Å². The summed E-state index contributed by atoms with van der Waals surface area (Å²) in [4.78, 5) is 23.5. The molecule has 1 heterocycles. The van der Waals surface area contributed by atoms with E-state index in [1.54, 1.807) is 18.8 Å². The molecule has 0 aromatic heterocycles. The van der Waals surface area contributed by atoms with Gasteiger partial charge in [0.2, 0.25) is 5.91 Å². The zero-order chi connectivity index (χ0) is 10.6. The lowest BCUT2D eigenvalue weighted by Crippen LogP contribution is -2.34. The molecule has 1 amide bonds. The minimum Gasteiger partial charge on any atom is -0.481 e. The highest BCUT2D eigenvalue weighted by molar-refractivity contribution is 7.99. The zero-order valence-electron chi connectivity index (χ0n) is 8.23. The lowest BCUT2D eigenvalue weighted by Gasteiger charge is -2.19. The van der Waals surface area contributed by atoms with Crippen LogP contribution in [0.15, 0.2) is 0 Å². The summed E-state index contributed by atoms with van der Waals surface area (Å²) in [6.45, 7) is 0.315. The molecule has 5 heteroatoms. The molecule has 0 aromatic carbocycles. The van der Waals surface area contributed by atoms with Crippen LogP contribution in [0.4, 0.5) is 0 Å². The van der Waals surface area contributed by atoms with Gasteiger partial charge in [-0.25, -0.2) is 0 Å². The van der Waals surface area contributed by atoms with Crippen LogP contribution in [-0.2, 0) is 9.59 Å². The van der Waals surface area contributed by atoms with Crippen molar-refractivity contribution in [2.45, 2.75) is 12.8 Å². The van der Waals surface area contributed by atoms with Crippen molar-refractivity contribution >= 4 is 23.6 Å². The maximum Gasteiger partial charge on any atom is 0.305 e. The third kappa shape index (κ3) is 3.21. The second-order valence-corrected chi connectivity index (χ2v) is 4.61. The molecule has 14 heavy (non-hydrogen) atoms. The van der Waals surface area contributed by atoms with E-state index < -0.39 is 5.97 Å². The number of carboxylic acids is 1. The molecule has 80 valence electrons. The average molecular weight is 217 g/mol. The third-order valence-electron chi connectivity index (χ3n) is 2.32. The maximum absolute atomic E-state index is 11.7. The maximum atomic E-state index is 11.7. The summed E-state index contributed by atoms with van der Waals surface area (Å²) in [6.07, 6.45) is 0.961. The summed E-state index contributed by atoms with van der Waals surface area (Å²) in [5, 5.41) is 8.47. The number of rotatable bonds is 4. The summed E-state index contributed by atoms with van der Waals surface area (Å²) >= 11 is 1.79. The van der Waals surface area contributed by atoms with Crippen molar-refractivity contribution in [1.82, 2.24) is 4.90 Å². The summed E-state index contributed by atoms with van der Waals surface area (Å²) in [5.74, 6) is 1.28. The first kappa shape index (κ1) is 11.4. The van der Waals surface area contributed by atoms with Gasteiger partial charge in [0, 0.05) is 25.3 Å². The van der Waals surface area contributed by atoms with E-state index in [4.69, 9.17) is 5.11 Å². The van der Waals surface area contributed by atoms with Crippen LogP contribution in [0.2, 0.25) is 0 Å². The number of carboxylic acid groups (broad SMARTS) is 1. The Kier molecular flexibility index (Phi) is 4.25. The fraction of sp³-hybridized carbons (Fsp3) is 0.778. The molecular weight excluding hydrogens is 202 g/mol. The van der Waals surface area contributed by atoms with Crippen molar-refractivity contribution < 1.29 is 14.7 Å². The first-order chi connectivity index (χ1) is 6.61. The predicted octanol–water partition coefficient (Wildman–Crippen LogP) is 0.673. The molecule has 1 saturated heterocycles. The van der Waals surface area contributed by atoms with E-state index in [-0.39, 0.29) is 18.2 Å². The van der Waals surface area contributed by atoms with E-state index in [1.165, 1.54) is 4.90 Å². The minimum atomic E-state index is -0.856. The second kappa shape index (κ2) is 5.24. The fourth-order valence-corrected chi connectivity index (χ4v) is 2.63. The molecule has 0 aromatic rings. The lowest BCUT2D eigenvalue weighted by atomic mass is 10.1. The molecule has 1 aliphatic heterocycles. The number of hydrogen-bond acceptors (Lipinski definition) is 3. The van der Waals surface area contributed by atoms with Gasteiger partial charge in [-0.3, -0.25) is 9.59 Å². The minimum absolute atomic E-state index is 0.0299. The fourth-order valence-electron chi connectivity index (χ4n) is 1.41. The predicted molar refractivity (Wildman–Crippen MR) is 55.3 cm³/mol. The summed E-state index contributed by atoms with van der Waals surface area (Å²) in [5.41, 5.74) is 0. The van der Waals surface area contributed by atoms with E-state index in [0.717, 1.165) is 17.9 Å². The SMILES string of the molecule is CN(CCC(=O)O)C(=O)C1CCSC1. The molecule has 0 spiro atoms. The standard InChI is InChI=1S/C9H15NO3S/c1-10(4-2-8(11)12)9(13)7-3-5-14-6-7/h7H,2-6H2,1H3,(H,11,12). The molecule has 1 rings (SSSR count). The van der Waals surface area contributed by atoms with Crippen LogP contribution >= 0.6 is 11.8 Å². The van der Waals surface area contributed by atoms with Crippen LogP contribution in [0.1, 0.15) is 12.8 Å². The normalized spacial score (nSPS) is 20.8. The molecule has 0 aliphatic carbocycles. The number of carbonyl (C=O) groups excluding carboxylic acids is 1. The molecule has 1 unspecified atom stereocenters. The molecule has 1 fully saturated rings. The molecule has 1 aliphatic rings. The van der Waals surface area contributed by atoms with Gasteiger partial charge in [-0.15, -0.1) is 0 Å². The monoisotopic (exact) mass is 217 g/mol. The van der Waals surface area contributed by atoms with Gasteiger partial charge in [-0.1, -0.05) is 0 Å². The van der Waals surface area contributed by atoms with Gasteiger partial charge in [0.25, 0.3) is 0 Å². The average Bonchev–Trinajstić information content (AvgIpc) is 2.65. The zero-order valence-corrected chi connectivity index (χ0v) is 9.05. The largest absolute Gasteiger partial charge is 0.481 e. The number of thioether (sulfide) groups is 1. The topological polar surface area (TPSA) is 57.6 Å². The Hall–Kier alpha value is -0.710. The Morgan fingerprint density at radius 2 is 2.29 bits per heavy atom.